The molecule has 0 aromatic carbocycles. The van der Waals surface area contributed by atoms with Crippen LogP contribution in [0.5, 0.6) is 0 Å². The molecule has 1 amide bonds. The van der Waals surface area contributed by atoms with Crippen molar-refractivity contribution >= 4 is 11.9 Å². The summed E-state index contributed by atoms with van der Waals surface area (Å²) in [6.07, 6.45) is 0.429. The molecule has 0 aliphatic carbocycles. The van der Waals surface area contributed by atoms with E-state index in [0.29, 0.717) is 6.08 Å². The first-order valence-corrected chi connectivity index (χ1v) is 6.70. The Kier molecular flexibility index (Phi) is 5.09. The number of aliphatic carboxylic acids is 1. The molecule has 4 N–H and O–H groups in total. The summed E-state index contributed by atoms with van der Waals surface area (Å²) in [5.74, 6) is -1.90. The fourth-order valence-corrected chi connectivity index (χ4v) is 2.13. The number of hydrogen-bond acceptors (Lipinski definition) is 6. The van der Waals surface area contributed by atoms with Crippen molar-refractivity contribution in [3.63, 3.8) is 0 Å². The van der Waals surface area contributed by atoms with Gasteiger partial charge < -0.3 is 20.3 Å². The molecule has 1 fully saturated rings. The average Bonchev–Trinajstić information content (AvgIpc) is 2.83. The van der Waals surface area contributed by atoms with Crippen LogP contribution in [0.15, 0.2) is 34.0 Å². The van der Waals surface area contributed by atoms with E-state index in [-0.39, 0.29) is 13.0 Å². The number of nitrogens with zero attached hydrogens (tertiary/aromatic N) is 1. The number of aliphatic hydroxyl groups excluding tert-OH is 1. The van der Waals surface area contributed by atoms with E-state index in [9.17, 15) is 24.3 Å². The Balaban J connectivity index is 1.96. The summed E-state index contributed by atoms with van der Waals surface area (Å²) >= 11 is 0. The highest BCUT2D eigenvalue weighted by molar-refractivity contribution is 5.93. The first kappa shape index (κ1) is 16.6. The summed E-state index contributed by atoms with van der Waals surface area (Å²) in [5, 5.41) is 20.7. The Morgan fingerprint density at radius 2 is 2.17 bits per heavy atom. The number of carboxylic acid groups (broad SMARTS) is 1. The van der Waals surface area contributed by atoms with E-state index >= 15 is 0 Å². The Labute approximate surface area is 129 Å². The third-order valence-corrected chi connectivity index (χ3v) is 3.22. The third kappa shape index (κ3) is 4.37. The molecule has 0 spiro atoms. The van der Waals surface area contributed by atoms with Crippen LogP contribution in [-0.4, -0.2) is 50.4 Å². The minimum absolute atomic E-state index is 0.0570. The molecule has 124 valence electrons. The van der Waals surface area contributed by atoms with E-state index in [1.54, 1.807) is 0 Å². The van der Waals surface area contributed by atoms with E-state index in [1.807, 2.05) is 0 Å². The highest BCUT2D eigenvalue weighted by atomic mass is 16.5. The number of amides is 1. The van der Waals surface area contributed by atoms with Crippen LogP contribution in [0.1, 0.15) is 12.6 Å². The molecule has 2 rings (SSSR count). The van der Waals surface area contributed by atoms with Gasteiger partial charge in [0.15, 0.2) is 0 Å². The largest absolute Gasteiger partial charge is 0.478 e. The summed E-state index contributed by atoms with van der Waals surface area (Å²) in [6, 6.07) is 1.16. The van der Waals surface area contributed by atoms with Gasteiger partial charge in [0, 0.05) is 37.4 Å². The molecule has 23 heavy (non-hydrogen) atoms. The van der Waals surface area contributed by atoms with Crippen LogP contribution in [0.25, 0.3) is 0 Å². The molecule has 10 nitrogen and oxygen atoms in total. The van der Waals surface area contributed by atoms with Gasteiger partial charge in [0.2, 0.25) is 5.91 Å². The van der Waals surface area contributed by atoms with Crippen LogP contribution < -0.4 is 16.6 Å². The monoisotopic (exact) mass is 325 g/mol. The van der Waals surface area contributed by atoms with Crippen LogP contribution in [0, 0.1) is 0 Å². The number of nitrogens with one attached hydrogen (secondary N) is 2. The Morgan fingerprint density at radius 3 is 2.83 bits per heavy atom. The highest BCUT2D eigenvalue weighted by Crippen LogP contribution is 2.26. The van der Waals surface area contributed by atoms with Crippen molar-refractivity contribution in [1.82, 2.24) is 14.9 Å². The molecule has 0 radical (unpaired) electrons. The predicted molar refractivity (Wildman–Crippen MR) is 75.6 cm³/mol. The van der Waals surface area contributed by atoms with Gasteiger partial charge in [0.05, 0.1) is 6.10 Å². The van der Waals surface area contributed by atoms with Gasteiger partial charge in [-0.2, -0.15) is 0 Å². The SMILES string of the molecule is O=C(O)/C=C/C(=O)NC[C@H]1O[C@@H](n2ccc(=O)[nH]c2=O)C[C@@H]1O. The maximum absolute atomic E-state index is 11.7. The Morgan fingerprint density at radius 1 is 1.43 bits per heavy atom. The van der Waals surface area contributed by atoms with Crippen LogP contribution >= 0.6 is 0 Å². The normalized spacial score (nSPS) is 24.0. The molecule has 3 atom stereocenters. The number of ether oxygens (including phenoxy) is 1. The van der Waals surface area contributed by atoms with E-state index in [2.05, 4.69) is 10.3 Å². The maximum Gasteiger partial charge on any atom is 0.330 e. The second-order valence-corrected chi connectivity index (χ2v) is 4.87. The zero-order chi connectivity index (χ0) is 17.0. The molecule has 1 aliphatic rings. The molecule has 1 aliphatic heterocycles. The van der Waals surface area contributed by atoms with Crippen LogP contribution in [0.3, 0.4) is 0 Å². The number of aromatic nitrogens is 2. The maximum atomic E-state index is 11.7. The lowest BCUT2D eigenvalue weighted by Gasteiger charge is -2.16. The number of H-pyrrole nitrogens is 1. The molecule has 0 bridgehead atoms. The molecule has 10 heteroatoms. The van der Waals surface area contributed by atoms with E-state index in [4.69, 9.17) is 9.84 Å². The Hall–Kier alpha value is -2.72. The first-order chi connectivity index (χ1) is 10.9. The van der Waals surface area contributed by atoms with Gasteiger partial charge in [-0.25, -0.2) is 9.59 Å². The van der Waals surface area contributed by atoms with Crippen molar-refractivity contribution < 1.29 is 24.5 Å². The molecule has 2 heterocycles. The lowest BCUT2D eigenvalue weighted by Crippen LogP contribution is -2.36. The molecule has 1 aromatic rings. The van der Waals surface area contributed by atoms with E-state index < -0.39 is 41.6 Å². The number of carboxylic acids is 1. The van der Waals surface area contributed by atoms with Gasteiger partial charge in [-0.05, 0) is 0 Å². The van der Waals surface area contributed by atoms with E-state index in [1.165, 1.54) is 6.20 Å². The average molecular weight is 325 g/mol. The molecule has 1 aromatic heterocycles. The van der Waals surface area contributed by atoms with Crippen molar-refractivity contribution in [2.75, 3.05) is 6.54 Å². The summed E-state index contributed by atoms with van der Waals surface area (Å²) < 4.78 is 6.63. The second-order valence-electron chi connectivity index (χ2n) is 4.87. The molecule has 1 saturated heterocycles. The number of rotatable bonds is 5. The fourth-order valence-electron chi connectivity index (χ4n) is 2.13. The minimum atomic E-state index is -1.25. The van der Waals surface area contributed by atoms with Crippen molar-refractivity contribution in [2.45, 2.75) is 24.9 Å². The fraction of sp³-hybridized carbons (Fsp3) is 0.385. The number of aliphatic hydroxyl groups is 1. The van der Waals surface area contributed by atoms with Gasteiger partial charge in [-0.15, -0.1) is 0 Å². The molecule has 0 unspecified atom stereocenters. The van der Waals surface area contributed by atoms with Crippen molar-refractivity contribution in [1.29, 1.82) is 0 Å². The quantitative estimate of drug-likeness (QED) is 0.454. The van der Waals surface area contributed by atoms with Gasteiger partial charge in [-0.3, -0.25) is 19.1 Å². The lowest BCUT2D eigenvalue weighted by molar-refractivity contribution is -0.131. The number of carbonyl (C=O) groups is 2. The van der Waals surface area contributed by atoms with Crippen molar-refractivity contribution in [2.24, 2.45) is 0 Å². The predicted octanol–water partition coefficient (Wildman–Crippen LogP) is -2.06. The molecular formula is C13H15N3O7. The standard InChI is InChI=1S/C13H15N3O7/c17-7-5-11(16-4-3-10(19)15-13(16)22)23-8(7)6-14-9(18)1-2-12(20)21/h1-4,7-8,11,17H,5-6H2,(H,14,18)(H,20,21)(H,15,19,22)/b2-1+/t7-,8+,11+/m0/s1. The van der Waals surface area contributed by atoms with Crippen molar-refractivity contribution in [3.8, 4) is 0 Å². The topological polar surface area (TPSA) is 151 Å². The zero-order valence-corrected chi connectivity index (χ0v) is 11.8. The summed E-state index contributed by atoms with van der Waals surface area (Å²) in [5.41, 5.74) is -1.21. The summed E-state index contributed by atoms with van der Waals surface area (Å²) in [6.45, 7) is -0.0570. The third-order valence-electron chi connectivity index (χ3n) is 3.22. The minimum Gasteiger partial charge on any atom is -0.478 e. The van der Waals surface area contributed by atoms with Gasteiger partial charge in [0.1, 0.15) is 12.3 Å². The summed E-state index contributed by atoms with van der Waals surface area (Å²) in [4.78, 5) is 46.4. The highest BCUT2D eigenvalue weighted by Gasteiger charge is 2.35. The Bertz CT molecular complexity index is 736. The number of carbonyl (C=O) groups excluding carboxylic acids is 1. The summed E-state index contributed by atoms with van der Waals surface area (Å²) in [7, 11) is 0. The second kappa shape index (κ2) is 7.03. The zero-order valence-electron chi connectivity index (χ0n) is 11.8. The van der Waals surface area contributed by atoms with Crippen LogP contribution in [0.2, 0.25) is 0 Å². The first-order valence-electron chi connectivity index (χ1n) is 6.70. The lowest BCUT2D eigenvalue weighted by atomic mass is 10.2. The van der Waals surface area contributed by atoms with Gasteiger partial charge >= 0.3 is 11.7 Å². The van der Waals surface area contributed by atoms with E-state index in [0.717, 1.165) is 16.7 Å². The smallest absolute Gasteiger partial charge is 0.330 e. The molecule has 0 saturated carbocycles. The number of aromatic amines is 1. The van der Waals surface area contributed by atoms with Crippen molar-refractivity contribution in [3.05, 3.63) is 45.3 Å². The molecular weight excluding hydrogens is 310 g/mol. The van der Waals surface area contributed by atoms with Gasteiger partial charge in [-0.1, -0.05) is 0 Å². The van der Waals surface area contributed by atoms with Gasteiger partial charge in [0.25, 0.3) is 5.56 Å². The van der Waals surface area contributed by atoms with Crippen LogP contribution in [-0.2, 0) is 14.3 Å². The van der Waals surface area contributed by atoms with Crippen LogP contribution in [0.4, 0.5) is 0 Å². The number of hydrogen-bond donors (Lipinski definition) is 4.